The molecule has 0 saturated heterocycles. The van der Waals surface area contributed by atoms with E-state index >= 15 is 0 Å². The zero-order chi connectivity index (χ0) is 11.4. The lowest BCUT2D eigenvalue weighted by molar-refractivity contribution is 0.618. The van der Waals surface area contributed by atoms with Gasteiger partial charge in [-0.2, -0.15) is 0 Å². The van der Waals surface area contributed by atoms with Crippen LogP contribution >= 0.6 is 0 Å². The lowest BCUT2D eigenvalue weighted by Crippen LogP contribution is -2.20. The lowest BCUT2D eigenvalue weighted by Gasteiger charge is -2.07. The number of anilines is 1. The summed E-state index contributed by atoms with van der Waals surface area (Å²) in [6.45, 7) is 6.17. The van der Waals surface area contributed by atoms with Crippen LogP contribution in [0.1, 0.15) is 38.6 Å². The summed E-state index contributed by atoms with van der Waals surface area (Å²) in [5, 5.41) is 0. The molecule has 0 fully saturated rings. The van der Waals surface area contributed by atoms with E-state index in [1.807, 2.05) is 6.92 Å². The molecule has 0 radical (unpaired) electrons. The summed E-state index contributed by atoms with van der Waals surface area (Å²) in [5.74, 6) is 1.54. The fourth-order valence-corrected chi connectivity index (χ4v) is 1.54. The Bertz CT molecular complexity index is 382. The van der Waals surface area contributed by atoms with Gasteiger partial charge in [-0.1, -0.05) is 27.2 Å². The molecule has 15 heavy (non-hydrogen) atoms. The molecule has 1 aromatic heterocycles. The molecule has 0 saturated carbocycles. The third-order valence-corrected chi connectivity index (χ3v) is 2.20. The van der Waals surface area contributed by atoms with Crippen molar-refractivity contribution in [3.8, 4) is 0 Å². The Kier molecular flexibility index (Phi) is 3.88. The molecule has 0 aromatic carbocycles. The van der Waals surface area contributed by atoms with Crippen molar-refractivity contribution >= 4 is 5.82 Å². The maximum atomic E-state index is 11.7. The number of hydrogen-bond acceptors (Lipinski definition) is 3. The van der Waals surface area contributed by atoms with Crippen molar-refractivity contribution in [2.75, 3.05) is 5.73 Å². The van der Waals surface area contributed by atoms with E-state index in [0.717, 1.165) is 12.8 Å². The van der Waals surface area contributed by atoms with E-state index in [-0.39, 0.29) is 5.56 Å². The molecule has 1 rings (SSSR count). The summed E-state index contributed by atoms with van der Waals surface area (Å²) in [7, 11) is 0. The van der Waals surface area contributed by atoms with Crippen molar-refractivity contribution in [3.63, 3.8) is 0 Å². The quantitative estimate of drug-likeness (QED) is 0.789. The lowest BCUT2D eigenvalue weighted by atomic mass is 10.1. The molecule has 4 heteroatoms. The molecule has 0 atom stereocenters. The predicted molar refractivity (Wildman–Crippen MR) is 61.8 cm³/mol. The van der Waals surface area contributed by atoms with Crippen LogP contribution in [0.2, 0.25) is 0 Å². The number of hydrogen-bond donors (Lipinski definition) is 2. The monoisotopic (exact) mass is 209 g/mol. The Balaban J connectivity index is 3.03. The number of H-pyrrole nitrogens is 1. The fraction of sp³-hybridized carbons (Fsp3) is 0.636. The van der Waals surface area contributed by atoms with Crippen molar-refractivity contribution in [2.45, 2.75) is 40.0 Å². The predicted octanol–water partition coefficient (Wildman–Crippen LogP) is 1.50. The minimum absolute atomic E-state index is 0.0833. The second kappa shape index (κ2) is 4.96. The number of nitrogen functional groups attached to an aromatic ring is 1. The van der Waals surface area contributed by atoms with Gasteiger partial charge in [0.2, 0.25) is 0 Å². The first kappa shape index (κ1) is 11.8. The van der Waals surface area contributed by atoms with E-state index in [4.69, 9.17) is 5.73 Å². The summed E-state index contributed by atoms with van der Waals surface area (Å²) in [5.41, 5.74) is 6.29. The van der Waals surface area contributed by atoms with Gasteiger partial charge < -0.3 is 10.7 Å². The molecule has 0 spiro atoms. The highest BCUT2D eigenvalue weighted by atomic mass is 16.1. The van der Waals surface area contributed by atoms with Gasteiger partial charge in [0, 0.05) is 6.42 Å². The van der Waals surface area contributed by atoms with Gasteiger partial charge in [-0.05, 0) is 12.3 Å². The zero-order valence-corrected chi connectivity index (χ0v) is 9.63. The molecular formula is C11H19N3O. The SMILES string of the molecule is CCCc1c(N)nc(CC(C)C)[nH]c1=O. The van der Waals surface area contributed by atoms with Crippen LogP contribution in [0.5, 0.6) is 0 Å². The second-order valence-corrected chi connectivity index (χ2v) is 4.22. The molecular weight excluding hydrogens is 190 g/mol. The van der Waals surface area contributed by atoms with Crippen LogP contribution in [0.25, 0.3) is 0 Å². The van der Waals surface area contributed by atoms with E-state index < -0.39 is 0 Å². The Hall–Kier alpha value is -1.32. The van der Waals surface area contributed by atoms with Crippen molar-refractivity contribution in [1.82, 2.24) is 9.97 Å². The van der Waals surface area contributed by atoms with Gasteiger partial charge in [0.25, 0.3) is 5.56 Å². The summed E-state index contributed by atoms with van der Waals surface area (Å²) >= 11 is 0. The summed E-state index contributed by atoms with van der Waals surface area (Å²) in [4.78, 5) is 18.7. The molecule has 0 amide bonds. The van der Waals surface area contributed by atoms with Gasteiger partial charge in [-0.15, -0.1) is 0 Å². The van der Waals surface area contributed by atoms with E-state index in [1.54, 1.807) is 0 Å². The topological polar surface area (TPSA) is 71.8 Å². The van der Waals surface area contributed by atoms with Crippen LogP contribution in [0, 0.1) is 5.92 Å². The third-order valence-electron chi connectivity index (χ3n) is 2.20. The minimum atomic E-state index is -0.0833. The number of rotatable bonds is 4. The highest BCUT2D eigenvalue weighted by Crippen LogP contribution is 2.08. The largest absolute Gasteiger partial charge is 0.383 e. The third kappa shape index (κ3) is 3.08. The van der Waals surface area contributed by atoms with Crippen molar-refractivity contribution in [1.29, 1.82) is 0 Å². The highest BCUT2D eigenvalue weighted by Gasteiger charge is 2.08. The van der Waals surface area contributed by atoms with Crippen molar-refractivity contribution in [3.05, 3.63) is 21.7 Å². The molecule has 84 valence electrons. The maximum absolute atomic E-state index is 11.7. The molecule has 0 aliphatic carbocycles. The number of aromatic nitrogens is 2. The smallest absolute Gasteiger partial charge is 0.256 e. The molecule has 0 unspecified atom stereocenters. The van der Waals surface area contributed by atoms with E-state index in [9.17, 15) is 4.79 Å². The first-order chi connectivity index (χ1) is 7.04. The van der Waals surface area contributed by atoms with E-state index in [1.165, 1.54) is 0 Å². The average molecular weight is 209 g/mol. The Morgan fingerprint density at radius 2 is 2.13 bits per heavy atom. The fourth-order valence-electron chi connectivity index (χ4n) is 1.54. The highest BCUT2D eigenvalue weighted by molar-refractivity contribution is 5.37. The molecule has 3 N–H and O–H groups in total. The number of nitrogens with one attached hydrogen (secondary N) is 1. The van der Waals surface area contributed by atoms with Crippen LogP contribution in [0.3, 0.4) is 0 Å². The van der Waals surface area contributed by atoms with Crippen LogP contribution in [0.15, 0.2) is 4.79 Å². The van der Waals surface area contributed by atoms with Crippen LogP contribution in [-0.2, 0) is 12.8 Å². The maximum Gasteiger partial charge on any atom is 0.256 e. The first-order valence-electron chi connectivity index (χ1n) is 5.42. The van der Waals surface area contributed by atoms with Crippen LogP contribution < -0.4 is 11.3 Å². The number of nitrogens with two attached hydrogens (primary N) is 1. The summed E-state index contributed by atoms with van der Waals surface area (Å²) in [6.07, 6.45) is 2.35. The van der Waals surface area contributed by atoms with Gasteiger partial charge in [-0.3, -0.25) is 4.79 Å². The van der Waals surface area contributed by atoms with Gasteiger partial charge in [0.15, 0.2) is 0 Å². The molecule has 4 nitrogen and oxygen atoms in total. The number of nitrogens with zero attached hydrogens (tertiary/aromatic N) is 1. The molecule has 0 aliphatic rings. The number of aromatic amines is 1. The minimum Gasteiger partial charge on any atom is -0.383 e. The standard InChI is InChI=1S/C11H19N3O/c1-4-5-8-10(12)13-9(6-7(2)3)14-11(8)15/h7H,4-6H2,1-3H3,(H3,12,13,14,15). The molecule has 1 heterocycles. The van der Waals surface area contributed by atoms with Crippen LogP contribution in [0.4, 0.5) is 5.82 Å². The van der Waals surface area contributed by atoms with E-state index in [0.29, 0.717) is 29.5 Å². The first-order valence-corrected chi connectivity index (χ1v) is 5.42. The van der Waals surface area contributed by atoms with Gasteiger partial charge in [0.1, 0.15) is 11.6 Å². The van der Waals surface area contributed by atoms with Gasteiger partial charge in [-0.25, -0.2) is 4.98 Å². The molecule has 0 aliphatic heterocycles. The van der Waals surface area contributed by atoms with E-state index in [2.05, 4.69) is 23.8 Å². The zero-order valence-electron chi connectivity index (χ0n) is 9.63. The van der Waals surface area contributed by atoms with Crippen LogP contribution in [-0.4, -0.2) is 9.97 Å². The molecule has 1 aromatic rings. The average Bonchev–Trinajstić information content (AvgIpc) is 2.10. The summed E-state index contributed by atoms with van der Waals surface area (Å²) < 4.78 is 0. The Morgan fingerprint density at radius 3 is 2.60 bits per heavy atom. The normalized spacial score (nSPS) is 10.9. The van der Waals surface area contributed by atoms with Crippen molar-refractivity contribution in [2.24, 2.45) is 5.92 Å². The Morgan fingerprint density at radius 1 is 1.47 bits per heavy atom. The second-order valence-electron chi connectivity index (χ2n) is 4.22. The Labute approximate surface area is 89.9 Å². The summed E-state index contributed by atoms with van der Waals surface area (Å²) in [6, 6.07) is 0. The van der Waals surface area contributed by atoms with Gasteiger partial charge in [0.05, 0.1) is 5.56 Å². The molecule has 0 bridgehead atoms. The van der Waals surface area contributed by atoms with Gasteiger partial charge >= 0.3 is 0 Å². The van der Waals surface area contributed by atoms with Crippen molar-refractivity contribution < 1.29 is 0 Å².